The maximum absolute atomic E-state index is 13.2. The van der Waals surface area contributed by atoms with Gasteiger partial charge in [-0.1, -0.05) is 32.9 Å². The van der Waals surface area contributed by atoms with Crippen molar-refractivity contribution in [2.75, 3.05) is 23.7 Å². The topological polar surface area (TPSA) is 78.9 Å². The van der Waals surface area contributed by atoms with Gasteiger partial charge in [0.15, 0.2) is 0 Å². The molecule has 0 fully saturated rings. The zero-order valence-corrected chi connectivity index (χ0v) is 19.5. The van der Waals surface area contributed by atoms with E-state index in [1.165, 1.54) is 16.7 Å². The van der Waals surface area contributed by atoms with Gasteiger partial charge in [-0.2, -0.15) is 0 Å². The summed E-state index contributed by atoms with van der Waals surface area (Å²) in [6.45, 7) is 9.07. The van der Waals surface area contributed by atoms with E-state index in [2.05, 4.69) is 64.9 Å². The fraction of sp³-hybridized carbons (Fsp3) is 0.296. The largest absolute Gasteiger partial charge is 0.365 e. The summed E-state index contributed by atoms with van der Waals surface area (Å²) < 4.78 is 0. The summed E-state index contributed by atoms with van der Waals surface area (Å²) in [7, 11) is 0. The Labute approximate surface area is 195 Å². The molecule has 6 heteroatoms. The minimum atomic E-state index is -0.186. The van der Waals surface area contributed by atoms with Crippen LogP contribution in [-0.2, 0) is 12.0 Å². The van der Waals surface area contributed by atoms with E-state index in [1.54, 1.807) is 30.7 Å². The van der Waals surface area contributed by atoms with Crippen molar-refractivity contribution in [3.05, 3.63) is 89.4 Å². The summed E-state index contributed by atoms with van der Waals surface area (Å²) in [4.78, 5) is 21.6. The van der Waals surface area contributed by atoms with E-state index in [9.17, 15) is 4.79 Å². The molecule has 170 valence electrons. The van der Waals surface area contributed by atoms with Crippen LogP contribution in [0.3, 0.4) is 0 Å². The standard InChI is InChI=1S/C27H31N5O/c1-27(2,3)24-7-6-21(17-23(24)20-10-15-29-16-11-20)32-26(33)22-5-4-12-30-25(22)31-18-19-8-13-28-14-9-19/h4-10,12-14,17,29H,11,15-16,18H2,1-3H3,(H,30,31)(H,32,33). The van der Waals surface area contributed by atoms with Crippen LogP contribution in [0.15, 0.2) is 67.1 Å². The molecule has 3 aromatic rings. The average Bonchev–Trinajstić information content (AvgIpc) is 2.83. The first-order valence-electron chi connectivity index (χ1n) is 11.4. The van der Waals surface area contributed by atoms with Gasteiger partial charge in [-0.3, -0.25) is 9.78 Å². The summed E-state index contributed by atoms with van der Waals surface area (Å²) >= 11 is 0. The van der Waals surface area contributed by atoms with Gasteiger partial charge in [0.1, 0.15) is 5.82 Å². The van der Waals surface area contributed by atoms with E-state index in [0.717, 1.165) is 30.8 Å². The SMILES string of the molecule is CC(C)(C)c1ccc(NC(=O)c2cccnc2NCc2ccncc2)cc1C1=CCNCC1. The van der Waals surface area contributed by atoms with Crippen LogP contribution in [0.4, 0.5) is 11.5 Å². The third-order valence-electron chi connectivity index (χ3n) is 5.76. The normalized spacial score (nSPS) is 13.8. The van der Waals surface area contributed by atoms with Gasteiger partial charge >= 0.3 is 0 Å². The molecule has 6 nitrogen and oxygen atoms in total. The van der Waals surface area contributed by atoms with Gasteiger partial charge in [-0.15, -0.1) is 0 Å². The number of nitrogens with one attached hydrogen (secondary N) is 3. The molecule has 3 heterocycles. The Morgan fingerprint density at radius 1 is 1.09 bits per heavy atom. The second-order valence-corrected chi connectivity index (χ2v) is 9.26. The highest BCUT2D eigenvalue weighted by atomic mass is 16.1. The van der Waals surface area contributed by atoms with Crippen LogP contribution in [0.5, 0.6) is 0 Å². The predicted octanol–water partition coefficient (Wildman–Crippen LogP) is 5.02. The number of carbonyl (C=O) groups excluding carboxylic acids is 1. The summed E-state index contributed by atoms with van der Waals surface area (Å²) in [6, 6.07) is 13.7. The van der Waals surface area contributed by atoms with Crippen LogP contribution in [0.2, 0.25) is 0 Å². The number of pyridine rings is 2. The van der Waals surface area contributed by atoms with Crippen molar-refractivity contribution in [3.63, 3.8) is 0 Å². The zero-order valence-electron chi connectivity index (χ0n) is 19.5. The third kappa shape index (κ3) is 5.65. The number of carbonyl (C=O) groups is 1. The molecule has 1 amide bonds. The number of amides is 1. The van der Waals surface area contributed by atoms with Crippen molar-refractivity contribution in [1.29, 1.82) is 0 Å². The Kier molecular flexibility index (Phi) is 6.84. The number of hydrogen-bond acceptors (Lipinski definition) is 5. The van der Waals surface area contributed by atoms with Gasteiger partial charge in [0.05, 0.1) is 5.56 Å². The molecule has 4 rings (SSSR count). The molecule has 1 aliphatic rings. The highest BCUT2D eigenvalue weighted by molar-refractivity contribution is 6.07. The summed E-state index contributed by atoms with van der Waals surface area (Å²) in [5.41, 5.74) is 6.20. The first-order valence-corrected chi connectivity index (χ1v) is 11.4. The number of nitrogens with zero attached hydrogens (tertiary/aromatic N) is 2. The molecule has 0 saturated heterocycles. The molecule has 0 unspecified atom stereocenters. The fourth-order valence-corrected chi connectivity index (χ4v) is 4.02. The lowest BCUT2D eigenvalue weighted by Gasteiger charge is -2.26. The van der Waals surface area contributed by atoms with Crippen molar-refractivity contribution in [1.82, 2.24) is 15.3 Å². The molecule has 0 bridgehead atoms. The van der Waals surface area contributed by atoms with Crippen LogP contribution in [-0.4, -0.2) is 29.0 Å². The van der Waals surface area contributed by atoms with Gasteiger partial charge in [0, 0.05) is 37.4 Å². The van der Waals surface area contributed by atoms with Crippen molar-refractivity contribution in [2.24, 2.45) is 0 Å². The number of benzene rings is 1. The fourth-order valence-electron chi connectivity index (χ4n) is 4.02. The second-order valence-electron chi connectivity index (χ2n) is 9.26. The van der Waals surface area contributed by atoms with Crippen molar-refractivity contribution < 1.29 is 4.79 Å². The maximum atomic E-state index is 13.2. The Bertz CT molecular complexity index is 1150. The highest BCUT2D eigenvalue weighted by Gasteiger charge is 2.22. The van der Waals surface area contributed by atoms with Crippen LogP contribution in [0.25, 0.3) is 5.57 Å². The Morgan fingerprint density at radius 3 is 2.64 bits per heavy atom. The molecule has 0 spiro atoms. The molecule has 3 N–H and O–H groups in total. The number of anilines is 2. The van der Waals surface area contributed by atoms with Crippen molar-refractivity contribution >= 4 is 23.0 Å². The number of hydrogen-bond donors (Lipinski definition) is 3. The Hall–Kier alpha value is -3.51. The van der Waals surface area contributed by atoms with E-state index >= 15 is 0 Å². The van der Waals surface area contributed by atoms with E-state index in [1.807, 2.05) is 18.2 Å². The zero-order chi connectivity index (χ0) is 23.3. The van der Waals surface area contributed by atoms with E-state index in [0.29, 0.717) is 17.9 Å². The molecule has 0 atom stereocenters. The summed E-state index contributed by atoms with van der Waals surface area (Å²) in [6.07, 6.45) is 8.42. The summed E-state index contributed by atoms with van der Waals surface area (Å²) in [5, 5.41) is 9.73. The van der Waals surface area contributed by atoms with Crippen LogP contribution in [0.1, 0.15) is 54.2 Å². The minimum Gasteiger partial charge on any atom is -0.365 e. The molecule has 1 aromatic carbocycles. The van der Waals surface area contributed by atoms with Crippen LogP contribution < -0.4 is 16.0 Å². The minimum absolute atomic E-state index is 0.0109. The lowest BCUT2D eigenvalue weighted by Crippen LogP contribution is -2.22. The Morgan fingerprint density at radius 2 is 1.91 bits per heavy atom. The molecule has 0 saturated carbocycles. The highest BCUT2D eigenvalue weighted by Crippen LogP contribution is 2.34. The van der Waals surface area contributed by atoms with Crippen LogP contribution >= 0.6 is 0 Å². The Balaban J connectivity index is 1.57. The smallest absolute Gasteiger partial charge is 0.259 e. The van der Waals surface area contributed by atoms with Gasteiger partial charge in [-0.05, 0) is 77.0 Å². The molecule has 0 radical (unpaired) electrons. The van der Waals surface area contributed by atoms with Gasteiger partial charge < -0.3 is 16.0 Å². The quantitative estimate of drug-likeness (QED) is 0.501. The average molecular weight is 442 g/mol. The van der Waals surface area contributed by atoms with Gasteiger partial charge in [-0.25, -0.2) is 4.98 Å². The first-order chi connectivity index (χ1) is 15.9. The number of rotatable bonds is 6. The van der Waals surface area contributed by atoms with E-state index in [4.69, 9.17) is 0 Å². The number of aromatic nitrogens is 2. The molecule has 33 heavy (non-hydrogen) atoms. The molecule has 2 aromatic heterocycles. The maximum Gasteiger partial charge on any atom is 0.259 e. The van der Waals surface area contributed by atoms with E-state index in [-0.39, 0.29) is 11.3 Å². The monoisotopic (exact) mass is 441 g/mol. The van der Waals surface area contributed by atoms with Gasteiger partial charge in [0.2, 0.25) is 0 Å². The molecular formula is C27H31N5O. The predicted molar refractivity (Wildman–Crippen MR) is 134 cm³/mol. The molecular weight excluding hydrogens is 410 g/mol. The van der Waals surface area contributed by atoms with Gasteiger partial charge in [0.25, 0.3) is 5.91 Å². The lowest BCUT2D eigenvalue weighted by atomic mass is 9.80. The molecule has 0 aliphatic carbocycles. The van der Waals surface area contributed by atoms with Crippen molar-refractivity contribution in [2.45, 2.75) is 39.2 Å². The lowest BCUT2D eigenvalue weighted by molar-refractivity contribution is 0.102. The van der Waals surface area contributed by atoms with E-state index < -0.39 is 0 Å². The van der Waals surface area contributed by atoms with Crippen molar-refractivity contribution in [3.8, 4) is 0 Å². The second kappa shape index (κ2) is 9.96. The molecule has 1 aliphatic heterocycles. The van der Waals surface area contributed by atoms with Crippen LogP contribution in [0, 0.1) is 0 Å². The first kappa shape index (κ1) is 22.7. The third-order valence-corrected chi connectivity index (χ3v) is 5.76. The summed E-state index contributed by atoms with van der Waals surface area (Å²) in [5.74, 6) is 0.369.